The van der Waals surface area contributed by atoms with Gasteiger partial charge in [0.15, 0.2) is 0 Å². The molecule has 3 N–H and O–H groups in total. The van der Waals surface area contributed by atoms with Crippen LogP contribution in [-0.4, -0.2) is 35.1 Å². The molecule has 2 unspecified atom stereocenters. The molecular weight excluding hydrogens is 268 g/mol. The van der Waals surface area contributed by atoms with Crippen LogP contribution in [0.15, 0.2) is 30.3 Å². The number of rotatable bonds is 8. The normalized spacial score (nSPS) is 13.7. The lowest BCUT2D eigenvalue weighted by Crippen LogP contribution is -2.51. The van der Waals surface area contributed by atoms with Gasteiger partial charge in [-0.1, -0.05) is 44.2 Å². The number of hydrogen-bond acceptors (Lipinski definition) is 3. The van der Waals surface area contributed by atoms with Crippen LogP contribution in [0.2, 0.25) is 0 Å². The SMILES string of the molecule is CC(C)NC(CCc1ccccc1)C(=O)NC(C)C(=O)O. The van der Waals surface area contributed by atoms with Gasteiger partial charge in [0.2, 0.25) is 5.91 Å². The number of hydrogen-bond donors (Lipinski definition) is 3. The minimum Gasteiger partial charge on any atom is -0.480 e. The van der Waals surface area contributed by atoms with Crippen LogP contribution in [0.25, 0.3) is 0 Å². The molecule has 0 radical (unpaired) electrons. The molecule has 0 spiro atoms. The molecule has 0 bridgehead atoms. The summed E-state index contributed by atoms with van der Waals surface area (Å²) in [5.41, 5.74) is 1.16. The summed E-state index contributed by atoms with van der Waals surface area (Å²) in [6.07, 6.45) is 1.39. The first-order valence-electron chi connectivity index (χ1n) is 7.23. The second-order valence-corrected chi connectivity index (χ2v) is 5.47. The van der Waals surface area contributed by atoms with Crippen LogP contribution in [0.4, 0.5) is 0 Å². The molecule has 5 nitrogen and oxygen atoms in total. The smallest absolute Gasteiger partial charge is 0.325 e. The Hall–Kier alpha value is -1.88. The maximum absolute atomic E-state index is 12.2. The van der Waals surface area contributed by atoms with Gasteiger partial charge in [0, 0.05) is 6.04 Å². The first kappa shape index (κ1) is 17.2. The summed E-state index contributed by atoms with van der Waals surface area (Å²) in [6.45, 7) is 5.39. The molecule has 0 aliphatic rings. The molecule has 0 aliphatic carbocycles. The van der Waals surface area contributed by atoms with Gasteiger partial charge in [0.05, 0.1) is 6.04 Å². The van der Waals surface area contributed by atoms with Crippen molar-refractivity contribution in [2.24, 2.45) is 0 Å². The molecule has 1 aromatic rings. The average Bonchev–Trinajstić information content (AvgIpc) is 2.43. The topological polar surface area (TPSA) is 78.4 Å². The molecule has 21 heavy (non-hydrogen) atoms. The van der Waals surface area contributed by atoms with E-state index in [2.05, 4.69) is 10.6 Å². The van der Waals surface area contributed by atoms with E-state index in [0.717, 1.165) is 12.0 Å². The zero-order chi connectivity index (χ0) is 15.8. The second kappa shape index (κ2) is 8.42. The van der Waals surface area contributed by atoms with Gasteiger partial charge in [-0.05, 0) is 25.3 Å². The number of nitrogens with one attached hydrogen (secondary N) is 2. The Morgan fingerprint density at radius 1 is 1.14 bits per heavy atom. The maximum Gasteiger partial charge on any atom is 0.325 e. The fourth-order valence-corrected chi connectivity index (χ4v) is 2.02. The molecule has 0 aromatic heterocycles. The van der Waals surface area contributed by atoms with Crippen molar-refractivity contribution >= 4 is 11.9 Å². The second-order valence-electron chi connectivity index (χ2n) is 5.47. The number of amides is 1. The van der Waals surface area contributed by atoms with E-state index in [-0.39, 0.29) is 11.9 Å². The molecule has 0 saturated carbocycles. The van der Waals surface area contributed by atoms with Crippen molar-refractivity contribution in [3.63, 3.8) is 0 Å². The number of carbonyl (C=O) groups excluding carboxylic acids is 1. The summed E-state index contributed by atoms with van der Waals surface area (Å²) in [4.78, 5) is 23.0. The Labute approximate surface area is 125 Å². The standard InChI is InChI=1S/C16H24N2O3/c1-11(2)17-14(15(19)18-12(3)16(20)21)10-9-13-7-5-4-6-8-13/h4-8,11-12,14,17H,9-10H2,1-3H3,(H,18,19)(H,20,21). The number of carboxylic acid groups (broad SMARTS) is 1. The van der Waals surface area contributed by atoms with Crippen molar-refractivity contribution in [3.8, 4) is 0 Å². The predicted molar refractivity (Wildman–Crippen MR) is 82.1 cm³/mol. The highest BCUT2D eigenvalue weighted by Crippen LogP contribution is 2.06. The Morgan fingerprint density at radius 2 is 1.76 bits per heavy atom. The molecule has 0 aliphatic heterocycles. The fraction of sp³-hybridized carbons (Fsp3) is 0.500. The van der Waals surface area contributed by atoms with Gasteiger partial charge in [-0.25, -0.2) is 0 Å². The number of benzene rings is 1. The lowest BCUT2D eigenvalue weighted by molar-refractivity contribution is -0.141. The molecule has 2 atom stereocenters. The summed E-state index contributed by atoms with van der Waals surface area (Å²) in [5.74, 6) is -1.30. The Bertz CT molecular complexity index is 460. The fourth-order valence-electron chi connectivity index (χ4n) is 2.02. The quantitative estimate of drug-likeness (QED) is 0.679. The molecule has 5 heteroatoms. The summed E-state index contributed by atoms with van der Waals surface area (Å²) < 4.78 is 0. The Balaban J connectivity index is 2.62. The highest BCUT2D eigenvalue weighted by molar-refractivity contribution is 5.86. The van der Waals surface area contributed by atoms with E-state index < -0.39 is 18.1 Å². The minimum atomic E-state index is -1.03. The van der Waals surface area contributed by atoms with Crippen LogP contribution < -0.4 is 10.6 Å². The van der Waals surface area contributed by atoms with Crippen LogP contribution >= 0.6 is 0 Å². The summed E-state index contributed by atoms with van der Waals surface area (Å²) >= 11 is 0. The number of aryl methyl sites for hydroxylation is 1. The van der Waals surface area contributed by atoms with E-state index in [1.54, 1.807) is 0 Å². The van der Waals surface area contributed by atoms with Gasteiger partial charge in [-0.15, -0.1) is 0 Å². The average molecular weight is 292 g/mol. The lowest BCUT2D eigenvalue weighted by Gasteiger charge is -2.22. The Morgan fingerprint density at radius 3 is 2.29 bits per heavy atom. The first-order chi connectivity index (χ1) is 9.90. The van der Waals surface area contributed by atoms with E-state index in [1.807, 2.05) is 44.2 Å². The number of carboxylic acids is 1. The van der Waals surface area contributed by atoms with Crippen molar-refractivity contribution in [2.45, 2.75) is 51.7 Å². The largest absolute Gasteiger partial charge is 0.480 e. The van der Waals surface area contributed by atoms with Gasteiger partial charge in [-0.2, -0.15) is 0 Å². The van der Waals surface area contributed by atoms with Gasteiger partial charge >= 0.3 is 5.97 Å². The van der Waals surface area contributed by atoms with Crippen molar-refractivity contribution in [1.82, 2.24) is 10.6 Å². The molecular formula is C16H24N2O3. The molecule has 1 amide bonds. The Kier molecular flexibility index (Phi) is 6.88. The van der Waals surface area contributed by atoms with Crippen LogP contribution in [0.5, 0.6) is 0 Å². The van der Waals surface area contributed by atoms with E-state index in [4.69, 9.17) is 5.11 Å². The molecule has 0 fully saturated rings. The van der Waals surface area contributed by atoms with E-state index in [1.165, 1.54) is 6.92 Å². The van der Waals surface area contributed by atoms with E-state index in [9.17, 15) is 9.59 Å². The summed E-state index contributed by atoms with van der Waals surface area (Å²) in [7, 11) is 0. The third kappa shape index (κ3) is 6.40. The number of carbonyl (C=O) groups is 2. The van der Waals surface area contributed by atoms with Crippen LogP contribution in [-0.2, 0) is 16.0 Å². The maximum atomic E-state index is 12.2. The van der Waals surface area contributed by atoms with E-state index in [0.29, 0.717) is 6.42 Å². The minimum absolute atomic E-state index is 0.150. The van der Waals surface area contributed by atoms with Gasteiger partial charge < -0.3 is 15.7 Å². The molecule has 1 rings (SSSR count). The van der Waals surface area contributed by atoms with Crippen molar-refractivity contribution in [2.75, 3.05) is 0 Å². The number of aliphatic carboxylic acids is 1. The van der Waals surface area contributed by atoms with Crippen molar-refractivity contribution in [1.29, 1.82) is 0 Å². The van der Waals surface area contributed by atoms with Gasteiger partial charge in [-0.3, -0.25) is 9.59 Å². The van der Waals surface area contributed by atoms with Gasteiger partial charge in [0.25, 0.3) is 0 Å². The predicted octanol–water partition coefficient (Wildman–Crippen LogP) is 1.58. The highest BCUT2D eigenvalue weighted by atomic mass is 16.4. The van der Waals surface area contributed by atoms with Gasteiger partial charge in [0.1, 0.15) is 6.04 Å². The molecule has 0 heterocycles. The van der Waals surface area contributed by atoms with Crippen LogP contribution in [0.3, 0.4) is 0 Å². The zero-order valence-corrected chi connectivity index (χ0v) is 12.8. The van der Waals surface area contributed by atoms with Crippen molar-refractivity contribution in [3.05, 3.63) is 35.9 Å². The molecule has 0 saturated heterocycles. The van der Waals surface area contributed by atoms with Crippen molar-refractivity contribution < 1.29 is 14.7 Å². The third-order valence-corrected chi connectivity index (χ3v) is 3.14. The molecule has 1 aromatic carbocycles. The summed E-state index contributed by atoms with van der Waals surface area (Å²) in [5, 5.41) is 14.6. The first-order valence-corrected chi connectivity index (χ1v) is 7.23. The van der Waals surface area contributed by atoms with Crippen LogP contribution in [0.1, 0.15) is 32.8 Å². The zero-order valence-electron chi connectivity index (χ0n) is 12.8. The highest BCUT2D eigenvalue weighted by Gasteiger charge is 2.22. The van der Waals surface area contributed by atoms with E-state index >= 15 is 0 Å². The molecule has 116 valence electrons. The monoisotopic (exact) mass is 292 g/mol. The van der Waals surface area contributed by atoms with Crippen LogP contribution in [0, 0.1) is 0 Å². The lowest BCUT2D eigenvalue weighted by atomic mass is 10.0. The summed E-state index contributed by atoms with van der Waals surface area (Å²) in [6, 6.07) is 8.79. The third-order valence-electron chi connectivity index (χ3n) is 3.14.